The third-order valence-electron chi connectivity index (χ3n) is 9.90. The molecule has 11 nitrogen and oxygen atoms in total. The van der Waals surface area contributed by atoms with Crippen LogP contribution in [0.4, 0.5) is 27.6 Å². The number of halogens is 5. The Balaban J connectivity index is 1.79. The number of β-lactam (4-membered cyclic amide) rings is 1. The number of hydrogen-bond donors (Lipinski definition) is 0. The molecule has 60 heavy (non-hydrogen) atoms. The van der Waals surface area contributed by atoms with Crippen LogP contribution in [0.15, 0.2) is 59.3 Å². The van der Waals surface area contributed by atoms with Crippen LogP contribution in [0.25, 0.3) is 0 Å². The second-order valence-electron chi connectivity index (χ2n) is 16.2. The number of esters is 1. The summed E-state index contributed by atoms with van der Waals surface area (Å²) < 4.78 is 88.7. The molecule has 1 aliphatic heterocycles. The van der Waals surface area contributed by atoms with Crippen molar-refractivity contribution in [2.75, 3.05) is 12.4 Å². The second-order valence-corrected chi connectivity index (χ2v) is 23.4. The minimum atomic E-state index is -2.43. The van der Waals surface area contributed by atoms with E-state index in [2.05, 4.69) is 33.9 Å². The van der Waals surface area contributed by atoms with E-state index >= 15 is 0 Å². The largest absolute Gasteiger partial charge is 0.456 e. The smallest absolute Gasteiger partial charge is 0.359 e. The molecule has 3 aromatic rings. The summed E-state index contributed by atoms with van der Waals surface area (Å²) in [6.07, 6.45) is 0.313. The lowest BCUT2D eigenvalue weighted by Gasteiger charge is -2.47. The molecule has 4 rings (SSSR count). The maximum atomic E-state index is 14.5. The van der Waals surface area contributed by atoms with Crippen molar-refractivity contribution >= 4 is 60.3 Å². The van der Waals surface area contributed by atoms with Crippen LogP contribution in [0.1, 0.15) is 76.4 Å². The molecule has 0 unspecified atom stereocenters. The van der Waals surface area contributed by atoms with Crippen LogP contribution in [0.2, 0.25) is 18.1 Å². The van der Waals surface area contributed by atoms with Gasteiger partial charge in [-0.05, 0) is 84.0 Å². The summed E-state index contributed by atoms with van der Waals surface area (Å²) in [5.41, 5.74) is -3.50. The van der Waals surface area contributed by atoms with Gasteiger partial charge >= 0.3 is 5.97 Å². The maximum absolute atomic E-state index is 14.5. The van der Waals surface area contributed by atoms with E-state index in [-0.39, 0.29) is 23.1 Å². The van der Waals surface area contributed by atoms with Gasteiger partial charge in [0.25, 0.3) is 5.69 Å². The number of nitro benzene ring substituents is 1. The van der Waals surface area contributed by atoms with Crippen LogP contribution in [0.5, 0.6) is 5.75 Å². The van der Waals surface area contributed by atoms with Gasteiger partial charge in [-0.15, -0.1) is 11.8 Å². The quantitative estimate of drug-likeness (QED) is 0.0116. The first-order valence-electron chi connectivity index (χ1n) is 18.6. The number of rotatable bonds is 16. The number of nitro groups is 1. The molecule has 0 spiro atoms. The molecule has 1 aliphatic rings. The van der Waals surface area contributed by atoms with Gasteiger partial charge in [-0.2, -0.15) is 0 Å². The van der Waals surface area contributed by atoms with Crippen LogP contribution in [0, 0.1) is 50.5 Å². The van der Waals surface area contributed by atoms with Crippen molar-refractivity contribution in [3.8, 4) is 5.75 Å². The van der Waals surface area contributed by atoms with Crippen molar-refractivity contribution in [1.29, 1.82) is 0 Å². The van der Waals surface area contributed by atoms with E-state index < -0.39 is 110 Å². The van der Waals surface area contributed by atoms with Gasteiger partial charge in [0.05, 0.1) is 16.2 Å². The summed E-state index contributed by atoms with van der Waals surface area (Å²) in [7, 11) is -2.19. The maximum Gasteiger partial charge on any atom is 0.359 e. The lowest BCUT2D eigenvalue weighted by Crippen LogP contribution is -2.60. The molecule has 0 saturated carbocycles. The number of benzene rings is 3. The van der Waals surface area contributed by atoms with Crippen molar-refractivity contribution in [3.63, 3.8) is 0 Å². The Bertz CT molecular complexity index is 2160. The van der Waals surface area contributed by atoms with E-state index in [9.17, 15) is 51.2 Å². The first-order valence-corrected chi connectivity index (χ1v) is 23.4. The number of likely N-dealkylation sites (tertiary alicyclic amines) is 1. The van der Waals surface area contributed by atoms with Crippen molar-refractivity contribution in [1.82, 2.24) is 4.90 Å². The highest BCUT2D eigenvalue weighted by molar-refractivity contribution is 8.16. The van der Waals surface area contributed by atoms with Crippen molar-refractivity contribution in [2.24, 2.45) is 11.3 Å². The van der Waals surface area contributed by atoms with Gasteiger partial charge < -0.3 is 13.9 Å². The van der Waals surface area contributed by atoms with E-state index in [0.29, 0.717) is 29.5 Å². The van der Waals surface area contributed by atoms with Crippen LogP contribution >= 0.6 is 23.5 Å². The third kappa shape index (κ3) is 10.6. The molecular formula is C41H45F5N2O9S2Si. The monoisotopic (exact) mass is 896 g/mol. The number of thioether (sulfide) groups is 2. The fraction of sp³-hybridized carbons (Fsp3) is 0.415. The fourth-order valence-electron chi connectivity index (χ4n) is 5.34. The van der Waals surface area contributed by atoms with Gasteiger partial charge in [-0.3, -0.25) is 29.4 Å². The third-order valence-corrected chi connectivity index (χ3v) is 16.9. The number of carbonyl (C=O) groups excluding carboxylic acids is 4. The molecule has 0 aromatic heterocycles. The lowest BCUT2D eigenvalue weighted by atomic mass is 9.94. The van der Waals surface area contributed by atoms with Crippen LogP contribution in [-0.4, -0.2) is 58.6 Å². The van der Waals surface area contributed by atoms with Gasteiger partial charge in [-0.25, -0.2) is 26.7 Å². The molecular weight excluding hydrogens is 852 g/mol. The molecule has 0 bridgehead atoms. The number of ketones is 1. The molecule has 0 aliphatic carbocycles. The average molecular weight is 897 g/mol. The molecule has 1 fully saturated rings. The Kier molecular flexibility index (Phi) is 15.2. The predicted octanol–water partition coefficient (Wildman–Crippen LogP) is 10.1. The van der Waals surface area contributed by atoms with E-state index in [1.165, 1.54) is 40.9 Å². The normalized spacial score (nSPS) is 16.2. The molecule has 324 valence electrons. The van der Waals surface area contributed by atoms with E-state index in [1.54, 1.807) is 20.8 Å². The topological polar surface area (TPSA) is 142 Å². The molecule has 0 radical (unpaired) electrons. The molecule has 3 aromatic carbocycles. The SMILES string of the molecule is CCS[C@@H]1[C@@H](CCO[Si](C)(C)C(C)(C)C)C(=O)N1C(C(=O)OCc1ccc([N+](=O)[O-])cc1)=C(Oc1ccc(C(=O)c2c(F)c(F)c(F)c(F)c2F)cc1)SC(=O)C(C)(C)C. The second kappa shape index (κ2) is 19.0. The first kappa shape index (κ1) is 48.1. The fourth-order valence-corrected chi connectivity index (χ4v) is 8.48. The molecule has 19 heteroatoms. The predicted molar refractivity (Wildman–Crippen MR) is 219 cm³/mol. The summed E-state index contributed by atoms with van der Waals surface area (Å²) in [4.78, 5) is 66.9. The van der Waals surface area contributed by atoms with Crippen LogP contribution in [0.3, 0.4) is 0 Å². The number of non-ortho nitro benzene ring substituents is 1. The Morgan fingerprint density at radius 2 is 1.42 bits per heavy atom. The zero-order valence-electron chi connectivity index (χ0n) is 34.4. The summed E-state index contributed by atoms with van der Waals surface area (Å²) in [5.74, 6) is -15.1. The Labute approximate surface area is 353 Å². The van der Waals surface area contributed by atoms with E-state index in [4.69, 9.17) is 13.9 Å². The standard InChI is InChI=1S/C41H45F5N2O9S2Si/c1-10-58-36-26(19-20-56-60(8,9)41(5,6)7)35(50)47(36)33(37(51)55-21-22-11-15-24(16-12-22)48(53)54)38(59-39(52)40(2,3)4)57-25-17-13-23(14-18-25)34(49)27-28(42)30(44)32(46)31(45)29(27)43/h11-18,26,36H,10,19-21H2,1-9H3/t26-,36+/m0/s1. The number of carbonyl (C=O) groups is 4. The summed E-state index contributed by atoms with van der Waals surface area (Å²) in [5, 5.41) is 9.51. The number of nitrogens with zero attached hydrogens (tertiary/aromatic N) is 2. The summed E-state index contributed by atoms with van der Waals surface area (Å²) in [6, 6.07) is 9.32. The molecule has 2 atom stereocenters. The van der Waals surface area contributed by atoms with Crippen LogP contribution < -0.4 is 4.74 Å². The Morgan fingerprint density at radius 3 is 1.92 bits per heavy atom. The minimum Gasteiger partial charge on any atom is -0.456 e. The van der Waals surface area contributed by atoms with E-state index in [1.807, 2.05) is 6.92 Å². The zero-order valence-corrected chi connectivity index (χ0v) is 37.0. The van der Waals surface area contributed by atoms with Gasteiger partial charge in [0.1, 0.15) is 17.9 Å². The Hall–Kier alpha value is -4.59. The van der Waals surface area contributed by atoms with Crippen LogP contribution in [-0.2, 0) is 30.2 Å². The molecule has 1 heterocycles. The zero-order chi connectivity index (χ0) is 45.1. The minimum absolute atomic E-state index is 0.0959. The number of amides is 1. The number of ether oxygens (including phenoxy) is 2. The average Bonchev–Trinajstić information content (AvgIpc) is 3.18. The van der Waals surface area contributed by atoms with E-state index in [0.717, 1.165) is 24.3 Å². The molecule has 1 amide bonds. The molecule has 1 saturated heterocycles. The first-order chi connectivity index (χ1) is 27.8. The lowest BCUT2D eigenvalue weighted by molar-refractivity contribution is -0.384. The Morgan fingerprint density at radius 1 is 0.867 bits per heavy atom. The van der Waals surface area contributed by atoms with Gasteiger partial charge in [0, 0.05) is 29.7 Å². The number of hydrogen-bond acceptors (Lipinski definition) is 11. The van der Waals surface area contributed by atoms with Crippen molar-refractivity contribution < 1.29 is 60.0 Å². The van der Waals surface area contributed by atoms with Gasteiger partial charge in [0.15, 0.2) is 48.2 Å². The highest BCUT2D eigenvalue weighted by Gasteiger charge is 2.52. The van der Waals surface area contributed by atoms with Gasteiger partial charge in [0.2, 0.25) is 16.8 Å². The molecule has 0 N–H and O–H groups in total. The highest BCUT2D eigenvalue weighted by atomic mass is 32.2. The highest BCUT2D eigenvalue weighted by Crippen LogP contribution is 2.45. The van der Waals surface area contributed by atoms with Crippen molar-refractivity contribution in [2.45, 2.75) is 85.0 Å². The van der Waals surface area contributed by atoms with Gasteiger partial charge in [-0.1, -0.05) is 48.5 Å². The summed E-state index contributed by atoms with van der Waals surface area (Å²) >= 11 is 1.84. The summed E-state index contributed by atoms with van der Waals surface area (Å²) in [6.45, 7) is 17.0. The van der Waals surface area contributed by atoms with Crippen molar-refractivity contribution in [3.05, 3.63) is 115 Å².